The summed E-state index contributed by atoms with van der Waals surface area (Å²) in [6.07, 6.45) is -6.69. The van der Waals surface area contributed by atoms with Crippen molar-refractivity contribution in [2.24, 2.45) is 0 Å². The maximum absolute atomic E-state index is 13.3. The number of hydrogen-bond donors (Lipinski definition) is 0. The van der Waals surface area contributed by atoms with Gasteiger partial charge in [-0.05, 0) is 28.8 Å². The molecule has 13 nitrogen and oxygen atoms in total. The van der Waals surface area contributed by atoms with E-state index in [1.165, 1.54) is 26.2 Å². The summed E-state index contributed by atoms with van der Waals surface area (Å²) in [7, 11) is 1.20. The Bertz CT molecular complexity index is 1620. The van der Waals surface area contributed by atoms with E-state index >= 15 is 0 Å². The molecule has 260 valence electrons. The van der Waals surface area contributed by atoms with E-state index in [0.29, 0.717) is 0 Å². The van der Waals surface area contributed by atoms with Crippen LogP contribution in [0.15, 0.2) is 72.8 Å². The van der Waals surface area contributed by atoms with Crippen LogP contribution in [0.2, 0.25) is 0 Å². The van der Waals surface area contributed by atoms with Gasteiger partial charge in [0, 0.05) is 27.7 Å². The molecule has 0 radical (unpaired) electrons. The number of hydrogen-bond acceptors (Lipinski definition) is 13. The van der Waals surface area contributed by atoms with E-state index in [2.05, 4.69) is 0 Å². The predicted molar refractivity (Wildman–Crippen MR) is 170 cm³/mol. The molecule has 0 amide bonds. The zero-order valence-corrected chi connectivity index (χ0v) is 27.7. The Hall–Kier alpha value is -5.43. The maximum atomic E-state index is 13.3. The van der Waals surface area contributed by atoms with Gasteiger partial charge in [-0.3, -0.25) is 19.2 Å². The lowest BCUT2D eigenvalue weighted by molar-refractivity contribution is -0.254. The van der Waals surface area contributed by atoms with Crippen molar-refractivity contribution in [1.82, 2.24) is 0 Å². The van der Waals surface area contributed by atoms with Crippen molar-refractivity contribution in [3.63, 3.8) is 0 Å². The monoisotopic (exact) mass is 678 g/mol. The highest BCUT2D eigenvalue weighted by Gasteiger charge is 2.53. The largest absolute Gasteiger partial charge is 0.485 e. The Kier molecular flexibility index (Phi) is 12.7. The van der Waals surface area contributed by atoms with Crippen LogP contribution in [0.25, 0.3) is 0 Å². The smallest absolute Gasteiger partial charge is 0.341 e. The van der Waals surface area contributed by atoms with Crippen LogP contribution in [0.1, 0.15) is 60.8 Å². The molecule has 0 aliphatic carbocycles. The van der Waals surface area contributed by atoms with Crippen LogP contribution < -0.4 is 9.47 Å². The molecule has 49 heavy (non-hydrogen) atoms. The van der Waals surface area contributed by atoms with Crippen molar-refractivity contribution in [2.45, 2.75) is 71.4 Å². The van der Waals surface area contributed by atoms with E-state index in [4.69, 9.17) is 37.9 Å². The topological polar surface area (TPSA) is 159 Å². The third kappa shape index (κ3) is 10.0. The second-order valence-electron chi connectivity index (χ2n) is 11.1. The first-order chi connectivity index (χ1) is 23.5. The quantitative estimate of drug-likeness (QED) is 0.185. The molecule has 13 heteroatoms. The highest BCUT2D eigenvalue weighted by atomic mass is 16.7. The fourth-order valence-corrected chi connectivity index (χ4v) is 5.27. The Morgan fingerprint density at radius 3 is 1.71 bits per heavy atom. The lowest BCUT2D eigenvalue weighted by Crippen LogP contribution is -2.59. The van der Waals surface area contributed by atoms with E-state index in [0.717, 1.165) is 31.9 Å². The highest BCUT2D eigenvalue weighted by molar-refractivity contribution is 5.94. The Labute approximate surface area is 283 Å². The molecule has 5 atom stereocenters. The molecular formula is C36H38O13. The lowest BCUT2D eigenvalue weighted by Gasteiger charge is -2.44. The summed E-state index contributed by atoms with van der Waals surface area (Å²) < 4.78 is 45.8. The number of rotatable bonds is 13. The van der Waals surface area contributed by atoms with Gasteiger partial charge in [0.15, 0.2) is 29.8 Å². The average Bonchev–Trinajstić information content (AvgIpc) is 3.07. The molecule has 3 aromatic carbocycles. The minimum atomic E-state index is -1.42. The van der Waals surface area contributed by atoms with Gasteiger partial charge in [-0.2, -0.15) is 0 Å². The van der Waals surface area contributed by atoms with Crippen molar-refractivity contribution in [3.05, 3.63) is 95.1 Å². The molecule has 0 N–H and O–H groups in total. The van der Waals surface area contributed by atoms with Crippen LogP contribution in [0.3, 0.4) is 0 Å². The zero-order valence-electron chi connectivity index (χ0n) is 27.7. The van der Waals surface area contributed by atoms with Crippen LogP contribution in [0.5, 0.6) is 11.5 Å². The maximum Gasteiger partial charge on any atom is 0.341 e. The first-order valence-electron chi connectivity index (χ1n) is 15.4. The van der Waals surface area contributed by atoms with Crippen LogP contribution >= 0.6 is 0 Å². The van der Waals surface area contributed by atoms with Gasteiger partial charge in [-0.25, -0.2) is 4.79 Å². The highest BCUT2D eigenvalue weighted by Crippen LogP contribution is 2.43. The lowest BCUT2D eigenvalue weighted by atomic mass is 9.89. The van der Waals surface area contributed by atoms with Gasteiger partial charge in [0.25, 0.3) is 0 Å². The third-order valence-electron chi connectivity index (χ3n) is 7.27. The van der Waals surface area contributed by atoms with Crippen molar-refractivity contribution >= 4 is 29.8 Å². The molecule has 0 spiro atoms. The minimum Gasteiger partial charge on any atom is -0.485 e. The molecule has 3 aromatic rings. The first-order valence-corrected chi connectivity index (χ1v) is 15.4. The van der Waals surface area contributed by atoms with Gasteiger partial charge in [0.2, 0.25) is 0 Å². The summed E-state index contributed by atoms with van der Waals surface area (Å²) in [4.78, 5) is 62.1. The zero-order chi connectivity index (χ0) is 35.5. The molecule has 1 aliphatic heterocycles. The number of benzene rings is 3. The van der Waals surface area contributed by atoms with Crippen LogP contribution in [-0.2, 0) is 60.8 Å². The van der Waals surface area contributed by atoms with Crippen LogP contribution in [-0.4, -0.2) is 68.0 Å². The van der Waals surface area contributed by atoms with Gasteiger partial charge < -0.3 is 37.9 Å². The van der Waals surface area contributed by atoms with E-state index in [1.807, 2.05) is 60.7 Å². The van der Waals surface area contributed by atoms with E-state index in [9.17, 15) is 24.0 Å². The van der Waals surface area contributed by atoms with Gasteiger partial charge in [0.1, 0.15) is 37.6 Å². The molecule has 1 fully saturated rings. The molecule has 0 unspecified atom stereocenters. The van der Waals surface area contributed by atoms with Gasteiger partial charge >= 0.3 is 29.8 Å². The second kappa shape index (κ2) is 17.1. The predicted octanol–water partition coefficient (Wildman–Crippen LogP) is 4.43. The summed E-state index contributed by atoms with van der Waals surface area (Å²) in [5.41, 5.74) is 1.80. The minimum absolute atomic E-state index is 0.0492. The molecule has 1 heterocycles. The molecule has 1 saturated heterocycles. The van der Waals surface area contributed by atoms with Crippen molar-refractivity contribution in [1.29, 1.82) is 0 Å². The Balaban J connectivity index is 1.88. The summed E-state index contributed by atoms with van der Waals surface area (Å²) in [6, 6.07) is 21.5. The molecule has 0 aromatic heterocycles. The van der Waals surface area contributed by atoms with E-state index in [-0.39, 0.29) is 35.8 Å². The van der Waals surface area contributed by atoms with Crippen molar-refractivity contribution in [3.8, 4) is 11.5 Å². The van der Waals surface area contributed by atoms with E-state index < -0.39 is 67.0 Å². The molecule has 4 rings (SSSR count). The van der Waals surface area contributed by atoms with Crippen LogP contribution in [0.4, 0.5) is 0 Å². The molecule has 0 bridgehead atoms. The average molecular weight is 679 g/mol. The number of esters is 5. The Morgan fingerprint density at radius 2 is 1.18 bits per heavy atom. The fourth-order valence-electron chi connectivity index (χ4n) is 5.27. The number of carbonyl (C=O) groups is 5. The molecule has 0 saturated carbocycles. The van der Waals surface area contributed by atoms with Gasteiger partial charge in [-0.1, -0.05) is 60.7 Å². The van der Waals surface area contributed by atoms with Crippen molar-refractivity contribution < 1.29 is 61.9 Å². The van der Waals surface area contributed by atoms with Gasteiger partial charge in [-0.15, -0.1) is 0 Å². The number of ether oxygens (including phenoxy) is 8. The van der Waals surface area contributed by atoms with Crippen molar-refractivity contribution in [2.75, 3.05) is 13.7 Å². The summed E-state index contributed by atoms with van der Waals surface area (Å²) in [6.45, 7) is 4.31. The molecular weight excluding hydrogens is 640 g/mol. The van der Waals surface area contributed by atoms with Crippen LogP contribution in [0, 0.1) is 0 Å². The Morgan fingerprint density at radius 1 is 0.653 bits per heavy atom. The molecule has 1 aliphatic rings. The van der Waals surface area contributed by atoms with E-state index in [1.54, 1.807) is 0 Å². The SMILES string of the molecule is COC(=O)c1cc([C@@H]2O[C@H](COC(C)=O)[C@@H](OC(C)=O)[C@H](OC(C)=O)[C@H]2OC(C)=O)cc(OCc2ccccc2)c1OCc1ccccc1. The first kappa shape index (κ1) is 36.4. The summed E-state index contributed by atoms with van der Waals surface area (Å²) >= 11 is 0. The number of methoxy groups -OCH3 is 1. The van der Waals surface area contributed by atoms with Gasteiger partial charge in [0.05, 0.1) is 7.11 Å². The summed E-state index contributed by atoms with van der Waals surface area (Å²) in [5.74, 6) is -3.56. The number of carbonyl (C=O) groups excluding carboxylic acids is 5. The normalized spacial score (nSPS) is 19.9. The second-order valence-corrected chi connectivity index (χ2v) is 11.1. The summed E-state index contributed by atoms with van der Waals surface area (Å²) in [5, 5.41) is 0. The fraction of sp³-hybridized carbons (Fsp3) is 0.361. The third-order valence-corrected chi connectivity index (χ3v) is 7.27. The standard InChI is InChI=1S/C36H38O13/c1-21(37)43-20-30-33(46-22(2)38)35(48-24(4)40)34(47-23(3)39)31(49-30)27-16-28(36(41)42-5)32(45-19-26-14-10-7-11-15-26)29(17-27)44-18-25-12-8-6-9-13-25/h6-17,30-31,33-35H,18-20H2,1-5H3/t30-,31+,33-,34+,35+/m1/s1.